The molecular weight excluding hydrogens is 316 g/mol. The fourth-order valence-corrected chi connectivity index (χ4v) is 2.55. The van der Waals surface area contributed by atoms with Gasteiger partial charge in [-0.1, -0.05) is 29.8 Å². The number of anilines is 2. The van der Waals surface area contributed by atoms with Crippen LogP contribution in [-0.2, 0) is 9.59 Å². The van der Waals surface area contributed by atoms with Crippen LogP contribution in [0.15, 0.2) is 59.3 Å². The topological polar surface area (TPSA) is 69.6 Å². The third kappa shape index (κ3) is 2.78. The second-order valence-electron chi connectivity index (χ2n) is 5.15. The predicted octanol–water partition coefficient (Wildman–Crippen LogP) is 3.14. The van der Waals surface area contributed by atoms with Crippen LogP contribution in [0.25, 0.3) is 0 Å². The lowest BCUT2D eigenvalue weighted by Crippen LogP contribution is -2.32. The van der Waals surface area contributed by atoms with Crippen LogP contribution in [0.1, 0.15) is 5.56 Å². The third-order valence-corrected chi connectivity index (χ3v) is 3.75. The molecule has 0 fully saturated rings. The Morgan fingerprint density at radius 3 is 2.48 bits per heavy atom. The van der Waals surface area contributed by atoms with Crippen LogP contribution < -0.4 is 10.2 Å². The highest BCUT2D eigenvalue weighted by Crippen LogP contribution is 2.30. The fraction of sp³-hybridized carbons (Fsp3) is 0.0588. The first-order valence-corrected chi connectivity index (χ1v) is 7.26. The molecule has 0 saturated heterocycles. The van der Waals surface area contributed by atoms with Gasteiger partial charge < -0.3 is 10.4 Å². The third-order valence-electron chi connectivity index (χ3n) is 3.40. The van der Waals surface area contributed by atoms with Crippen LogP contribution in [0.5, 0.6) is 5.75 Å². The van der Waals surface area contributed by atoms with Crippen LogP contribution in [0, 0.1) is 6.92 Å². The molecule has 0 saturated carbocycles. The van der Waals surface area contributed by atoms with Crippen molar-refractivity contribution in [3.8, 4) is 5.75 Å². The highest BCUT2D eigenvalue weighted by molar-refractivity contribution is 6.53. The average molecular weight is 329 g/mol. The Morgan fingerprint density at radius 1 is 1.04 bits per heavy atom. The number of nitrogens with zero attached hydrogens (tertiary/aromatic N) is 1. The van der Waals surface area contributed by atoms with Gasteiger partial charge in [-0.15, -0.1) is 0 Å². The number of aryl methyl sites for hydroxylation is 1. The largest absolute Gasteiger partial charge is 0.508 e. The van der Waals surface area contributed by atoms with E-state index in [1.165, 1.54) is 12.1 Å². The zero-order valence-corrected chi connectivity index (χ0v) is 13.0. The van der Waals surface area contributed by atoms with E-state index in [2.05, 4.69) is 5.32 Å². The van der Waals surface area contributed by atoms with Crippen molar-refractivity contribution in [1.82, 2.24) is 0 Å². The highest BCUT2D eigenvalue weighted by Gasteiger charge is 2.38. The number of imide groups is 1. The molecule has 0 unspecified atom stereocenters. The summed E-state index contributed by atoms with van der Waals surface area (Å²) in [5.41, 5.74) is 1.84. The van der Waals surface area contributed by atoms with Gasteiger partial charge in [0.05, 0.1) is 5.69 Å². The number of aromatic hydroxyl groups is 1. The van der Waals surface area contributed by atoms with Gasteiger partial charge in [0, 0.05) is 11.8 Å². The van der Waals surface area contributed by atoms with Gasteiger partial charge in [0.1, 0.15) is 16.5 Å². The number of hydrogen-bond donors (Lipinski definition) is 2. The van der Waals surface area contributed by atoms with Gasteiger partial charge >= 0.3 is 0 Å². The number of carbonyl (C=O) groups excluding carboxylic acids is 2. The summed E-state index contributed by atoms with van der Waals surface area (Å²) in [4.78, 5) is 25.9. The summed E-state index contributed by atoms with van der Waals surface area (Å²) in [7, 11) is 0. The second-order valence-corrected chi connectivity index (χ2v) is 5.53. The number of benzene rings is 2. The first-order valence-electron chi connectivity index (χ1n) is 6.88. The number of carbonyl (C=O) groups is 2. The van der Waals surface area contributed by atoms with Crippen LogP contribution in [-0.4, -0.2) is 16.9 Å². The standard InChI is InChI=1S/C17H13ClN2O3/c1-10-4-2-6-12(8-10)20-16(22)14(18)15(17(20)23)19-11-5-3-7-13(21)9-11/h2-9,19,21H,1H3. The molecule has 2 amide bonds. The van der Waals surface area contributed by atoms with Gasteiger partial charge in [0.25, 0.3) is 11.8 Å². The number of halogens is 1. The Hall–Kier alpha value is -2.79. The van der Waals surface area contributed by atoms with Gasteiger partial charge in [0.2, 0.25) is 0 Å². The molecule has 5 nitrogen and oxygen atoms in total. The fourth-order valence-electron chi connectivity index (χ4n) is 2.34. The van der Waals surface area contributed by atoms with Gasteiger partial charge in [0.15, 0.2) is 0 Å². The number of amides is 2. The summed E-state index contributed by atoms with van der Waals surface area (Å²) >= 11 is 6.04. The molecule has 1 aliphatic heterocycles. The van der Waals surface area contributed by atoms with Gasteiger partial charge in [-0.2, -0.15) is 0 Å². The van der Waals surface area contributed by atoms with E-state index in [1.54, 1.807) is 30.3 Å². The Labute approximate surface area is 137 Å². The van der Waals surface area contributed by atoms with E-state index in [4.69, 9.17) is 11.6 Å². The molecule has 3 rings (SSSR count). The van der Waals surface area contributed by atoms with Crippen molar-refractivity contribution in [2.24, 2.45) is 0 Å². The van der Waals surface area contributed by atoms with Gasteiger partial charge in [-0.3, -0.25) is 9.59 Å². The lowest BCUT2D eigenvalue weighted by molar-refractivity contribution is -0.120. The van der Waals surface area contributed by atoms with Crippen molar-refractivity contribution in [3.63, 3.8) is 0 Å². The maximum atomic E-state index is 12.6. The lowest BCUT2D eigenvalue weighted by Gasteiger charge is -2.15. The predicted molar refractivity (Wildman–Crippen MR) is 88.3 cm³/mol. The summed E-state index contributed by atoms with van der Waals surface area (Å²) < 4.78 is 0. The van der Waals surface area contributed by atoms with Crippen LogP contribution >= 0.6 is 11.6 Å². The minimum absolute atomic E-state index is 0.0104. The monoisotopic (exact) mass is 328 g/mol. The molecular formula is C17H13ClN2O3. The first kappa shape index (κ1) is 15.1. The molecule has 0 aliphatic carbocycles. The lowest BCUT2D eigenvalue weighted by atomic mass is 10.2. The van der Waals surface area contributed by atoms with Crippen molar-refractivity contribution in [2.45, 2.75) is 6.92 Å². The summed E-state index contributed by atoms with van der Waals surface area (Å²) in [5.74, 6) is -1.07. The molecule has 2 aromatic carbocycles. The summed E-state index contributed by atoms with van der Waals surface area (Å²) in [6.07, 6.45) is 0. The van der Waals surface area contributed by atoms with Gasteiger partial charge in [-0.25, -0.2) is 4.90 Å². The minimum atomic E-state index is -0.579. The maximum absolute atomic E-state index is 12.6. The number of rotatable bonds is 3. The molecule has 2 N–H and O–H groups in total. The number of nitrogens with one attached hydrogen (secondary N) is 1. The highest BCUT2D eigenvalue weighted by atomic mass is 35.5. The van der Waals surface area contributed by atoms with Crippen LogP contribution in [0.3, 0.4) is 0 Å². The molecule has 1 heterocycles. The van der Waals surface area contributed by atoms with Crippen LogP contribution in [0.2, 0.25) is 0 Å². The molecule has 0 spiro atoms. The molecule has 2 aromatic rings. The summed E-state index contributed by atoms with van der Waals surface area (Å²) in [6.45, 7) is 1.87. The van der Waals surface area contributed by atoms with E-state index in [9.17, 15) is 14.7 Å². The zero-order valence-electron chi connectivity index (χ0n) is 12.2. The van der Waals surface area contributed by atoms with E-state index in [1.807, 2.05) is 13.0 Å². The molecule has 116 valence electrons. The SMILES string of the molecule is Cc1cccc(N2C(=O)C(Cl)=C(Nc3cccc(O)c3)C2=O)c1. The normalized spacial score (nSPS) is 14.6. The van der Waals surface area contributed by atoms with Crippen molar-refractivity contribution < 1.29 is 14.7 Å². The Kier molecular flexibility index (Phi) is 3.80. The number of hydrogen-bond acceptors (Lipinski definition) is 4. The van der Waals surface area contributed by atoms with E-state index >= 15 is 0 Å². The summed E-state index contributed by atoms with van der Waals surface area (Å²) in [6, 6.07) is 13.2. The molecule has 6 heteroatoms. The Balaban J connectivity index is 1.93. The molecule has 1 aliphatic rings. The van der Waals surface area contributed by atoms with Crippen molar-refractivity contribution >= 4 is 34.8 Å². The van der Waals surface area contributed by atoms with E-state index in [0.717, 1.165) is 10.5 Å². The zero-order chi connectivity index (χ0) is 16.6. The molecule has 23 heavy (non-hydrogen) atoms. The van der Waals surface area contributed by atoms with E-state index in [-0.39, 0.29) is 16.5 Å². The smallest absolute Gasteiger partial charge is 0.283 e. The quantitative estimate of drug-likeness (QED) is 0.849. The Morgan fingerprint density at radius 2 is 1.78 bits per heavy atom. The molecule has 0 atom stereocenters. The number of phenols is 1. The molecule has 0 radical (unpaired) electrons. The van der Waals surface area contributed by atoms with Crippen molar-refractivity contribution in [3.05, 3.63) is 64.8 Å². The van der Waals surface area contributed by atoms with E-state index < -0.39 is 11.8 Å². The minimum Gasteiger partial charge on any atom is -0.508 e. The average Bonchev–Trinajstić information content (AvgIpc) is 2.71. The Bertz CT molecular complexity index is 845. The molecule has 0 bridgehead atoms. The summed E-state index contributed by atoms with van der Waals surface area (Å²) in [5, 5.41) is 12.1. The van der Waals surface area contributed by atoms with Gasteiger partial charge in [-0.05, 0) is 36.8 Å². The van der Waals surface area contributed by atoms with E-state index in [0.29, 0.717) is 11.4 Å². The maximum Gasteiger partial charge on any atom is 0.283 e. The number of phenolic OH excluding ortho intramolecular Hbond substituents is 1. The van der Waals surface area contributed by atoms with Crippen molar-refractivity contribution in [1.29, 1.82) is 0 Å². The molecule has 0 aromatic heterocycles. The first-order chi connectivity index (χ1) is 11.0. The van der Waals surface area contributed by atoms with Crippen molar-refractivity contribution in [2.75, 3.05) is 10.2 Å². The second kappa shape index (κ2) is 5.78. The van der Waals surface area contributed by atoms with Crippen LogP contribution in [0.4, 0.5) is 11.4 Å².